The van der Waals surface area contributed by atoms with Gasteiger partial charge in [-0.3, -0.25) is 4.79 Å². The van der Waals surface area contributed by atoms with Crippen molar-refractivity contribution in [2.24, 2.45) is 0 Å². The van der Waals surface area contributed by atoms with Gasteiger partial charge in [0.1, 0.15) is 4.90 Å². The number of pyridine rings is 1. The number of H-pyrrole nitrogens is 1. The van der Waals surface area contributed by atoms with E-state index in [9.17, 15) is 13.2 Å². The molecule has 0 unspecified atom stereocenters. The van der Waals surface area contributed by atoms with Crippen LogP contribution in [0.15, 0.2) is 88.8 Å². The van der Waals surface area contributed by atoms with E-state index in [0.29, 0.717) is 0 Å². The lowest BCUT2D eigenvalue weighted by molar-refractivity contribution is 0.400. The van der Waals surface area contributed by atoms with Crippen LogP contribution in [0.25, 0.3) is 0 Å². The van der Waals surface area contributed by atoms with E-state index in [-0.39, 0.29) is 18.0 Å². The molecule has 0 aliphatic carbocycles. The number of nitrogens with one attached hydrogen (secondary N) is 1. The van der Waals surface area contributed by atoms with Crippen LogP contribution in [0.2, 0.25) is 0 Å². The van der Waals surface area contributed by atoms with Gasteiger partial charge in [0.15, 0.2) is 0 Å². The second-order valence-electron chi connectivity index (χ2n) is 5.62. The standard InChI is InChI=1S/C19H18N2O3S/c22-18-11-12-20-13-19(18)25(23,24)21(14-16-7-3-1-4-8-16)15-17-9-5-2-6-10-17/h1-13H,14-15H2,(H,20,22). The number of rotatable bonds is 6. The smallest absolute Gasteiger partial charge is 0.249 e. The molecule has 2 aromatic carbocycles. The van der Waals surface area contributed by atoms with Crippen molar-refractivity contribution in [3.63, 3.8) is 0 Å². The zero-order valence-electron chi connectivity index (χ0n) is 13.5. The van der Waals surface area contributed by atoms with E-state index in [2.05, 4.69) is 4.98 Å². The molecule has 0 radical (unpaired) electrons. The van der Waals surface area contributed by atoms with Crippen LogP contribution in [-0.2, 0) is 23.1 Å². The molecule has 5 nitrogen and oxygen atoms in total. The third-order valence-electron chi connectivity index (χ3n) is 3.81. The average molecular weight is 354 g/mol. The Labute approximate surface area is 146 Å². The Morgan fingerprint density at radius 1 is 0.800 bits per heavy atom. The van der Waals surface area contributed by atoms with Crippen molar-refractivity contribution in [2.45, 2.75) is 18.0 Å². The van der Waals surface area contributed by atoms with Crippen molar-refractivity contribution < 1.29 is 8.42 Å². The van der Waals surface area contributed by atoms with E-state index in [0.717, 1.165) is 11.1 Å². The van der Waals surface area contributed by atoms with Crippen molar-refractivity contribution in [3.05, 3.63) is 100 Å². The minimum atomic E-state index is -3.94. The molecule has 128 valence electrons. The molecule has 3 aromatic rings. The highest BCUT2D eigenvalue weighted by atomic mass is 32.2. The molecule has 0 amide bonds. The summed E-state index contributed by atoms with van der Waals surface area (Å²) in [7, 11) is -3.94. The van der Waals surface area contributed by atoms with Crippen LogP contribution < -0.4 is 5.43 Å². The fraction of sp³-hybridized carbons (Fsp3) is 0.105. The van der Waals surface area contributed by atoms with Gasteiger partial charge in [-0.1, -0.05) is 60.7 Å². The molecule has 0 atom stereocenters. The Kier molecular flexibility index (Phi) is 5.11. The molecule has 0 aliphatic heterocycles. The lowest BCUT2D eigenvalue weighted by Crippen LogP contribution is -2.33. The van der Waals surface area contributed by atoms with Gasteiger partial charge in [0, 0.05) is 31.5 Å². The summed E-state index contributed by atoms with van der Waals surface area (Å²) < 4.78 is 27.5. The van der Waals surface area contributed by atoms with Crippen molar-refractivity contribution >= 4 is 10.0 Å². The highest BCUT2D eigenvalue weighted by Crippen LogP contribution is 2.18. The summed E-state index contributed by atoms with van der Waals surface area (Å²) >= 11 is 0. The maximum absolute atomic E-state index is 13.1. The van der Waals surface area contributed by atoms with Gasteiger partial charge in [-0.25, -0.2) is 8.42 Å². The van der Waals surface area contributed by atoms with Gasteiger partial charge in [-0.2, -0.15) is 4.31 Å². The minimum Gasteiger partial charge on any atom is -0.366 e. The zero-order valence-corrected chi connectivity index (χ0v) is 14.3. The number of hydrogen-bond donors (Lipinski definition) is 1. The van der Waals surface area contributed by atoms with E-state index in [1.165, 1.54) is 22.8 Å². The first-order chi connectivity index (χ1) is 12.1. The average Bonchev–Trinajstić information content (AvgIpc) is 2.63. The van der Waals surface area contributed by atoms with Crippen molar-refractivity contribution in [2.75, 3.05) is 0 Å². The Hall–Kier alpha value is -2.70. The summed E-state index contributed by atoms with van der Waals surface area (Å²) in [5, 5.41) is 0. The highest BCUT2D eigenvalue weighted by Gasteiger charge is 2.27. The predicted octanol–water partition coefficient (Wildman–Crippen LogP) is 2.77. The van der Waals surface area contributed by atoms with Gasteiger partial charge in [-0.05, 0) is 11.1 Å². The highest BCUT2D eigenvalue weighted by molar-refractivity contribution is 7.89. The maximum atomic E-state index is 13.1. The topological polar surface area (TPSA) is 70.2 Å². The lowest BCUT2D eigenvalue weighted by atomic mass is 10.2. The Morgan fingerprint density at radius 2 is 1.32 bits per heavy atom. The van der Waals surface area contributed by atoms with E-state index in [1.807, 2.05) is 60.7 Å². The number of aromatic nitrogens is 1. The van der Waals surface area contributed by atoms with Crippen molar-refractivity contribution in [1.29, 1.82) is 0 Å². The summed E-state index contributed by atoms with van der Waals surface area (Å²) in [5.74, 6) is 0. The molecule has 0 saturated heterocycles. The first kappa shape index (κ1) is 17.1. The van der Waals surface area contributed by atoms with Gasteiger partial charge in [-0.15, -0.1) is 0 Å². The molecule has 1 heterocycles. The molecule has 1 N–H and O–H groups in total. The van der Waals surface area contributed by atoms with E-state index in [1.54, 1.807) is 0 Å². The van der Waals surface area contributed by atoms with Crippen LogP contribution >= 0.6 is 0 Å². The van der Waals surface area contributed by atoms with Crippen LogP contribution in [0.5, 0.6) is 0 Å². The SMILES string of the molecule is O=c1cc[nH]cc1S(=O)(=O)N(Cc1ccccc1)Cc1ccccc1. The largest absolute Gasteiger partial charge is 0.366 e. The molecule has 0 aliphatic rings. The monoisotopic (exact) mass is 354 g/mol. The van der Waals surface area contributed by atoms with Crippen LogP contribution in [0.1, 0.15) is 11.1 Å². The first-order valence-corrected chi connectivity index (χ1v) is 9.26. The van der Waals surface area contributed by atoms with E-state index < -0.39 is 15.5 Å². The maximum Gasteiger partial charge on any atom is 0.249 e. The molecule has 0 spiro atoms. The molecule has 1 aromatic heterocycles. The lowest BCUT2D eigenvalue weighted by Gasteiger charge is -2.22. The van der Waals surface area contributed by atoms with Crippen LogP contribution in [0.4, 0.5) is 0 Å². The second kappa shape index (κ2) is 7.46. The second-order valence-corrected chi connectivity index (χ2v) is 7.52. The normalized spacial score (nSPS) is 11.6. The Bertz CT molecular complexity index is 942. The van der Waals surface area contributed by atoms with E-state index in [4.69, 9.17) is 0 Å². The number of benzene rings is 2. The van der Waals surface area contributed by atoms with Gasteiger partial charge in [0.25, 0.3) is 0 Å². The molecule has 6 heteroatoms. The summed E-state index contributed by atoms with van der Waals surface area (Å²) in [6, 6.07) is 19.9. The third kappa shape index (κ3) is 4.04. The summed E-state index contributed by atoms with van der Waals surface area (Å²) in [6.07, 6.45) is 2.65. The minimum absolute atomic E-state index is 0.187. The Balaban J connectivity index is 2.01. The fourth-order valence-corrected chi connectivity index (χ4v) is 4.00. The van der Waals surface area contributed by atoms with Crippen LogP contribution in [0, 0.1) is 0 Å². The van der Waals surface area contributed by atoms with E-state index >= 15 is 0 Å². The first-order valence-electron chi connectivity index (χ1n) is 7.82. The molecular weight excluding hydrogens is 336 g/mol. The molecule has 0 saturated carbocycles. The number of nitrogens with zero attached hydrogens (tertiary/aromatic N) is 1. The third-order valence-corrected chi connectivity index (χ3v) is 5.62. The van der Waals surface area contributed by atoms with Crippen molar-refractivity contribution in [3.8, 4) is 0 Å². The summed E-state index contributed by atoms with van der Waals surface area (Å²) in [6.45, 7) is 0.374. The van der Waals surface area contributed by atoms with Gasteiger partial charge in [0.05, 0.1) is 0 Å². The van der Waals surface area contributed by atoms with Gasteiger partial charge in [0.2, 0.25) is 15.5 Å². The molecule has 25 heavy (non-hydrogen) atoms. The molecule has 0 bridgehead atoms. The number of sulfonamides is 1. The number of hydrogen-bond acceptors (Lipinski definition) is 3. The molecule has 0 fully saturated rings. The fourth-order valence-electron chi connectivity index (χ4n) is 2.54. The van der Waals surface area contributed by atoms with Crippen LogP contribution in [0.3, 0.4) is 0 Å². The van der Waals surface area contributed by atoms with Crippen molar-refractivity contribution in [1.82, 2.24) is 9.29 Å². The van der Waals surface area contributed by atoms with Gasteiger partial charge >= 0.3 is 0 Å². The quantitative estimate of drug-likeness (QED) is 0.740. The zero-order chi connectivity index (χ0) is 17.7. The molecule has 3 rings (SSSR count). The Morgan fingerprint density at radius 3 is 1.80 bits per heavy atom. The van der Waals surface area contributed by atoms with Gasteiger partial charge < -0.3 is 4.98 Å². The van der Waals surface area contributed by atoms with Crippen LogP contribution in [-0.4, -0.2) is 17.7 Å². The molecular formula is C19H18N2O3S. The summed E-state index contributed by atoms with van der Waals surface area (Å²) in [5.41, 5.74) is 1.19. The number of aromatic amines is 1. The summed E-state index contributed by atoms with van der Waals surface area (Å²) in [4.78, 5) is 14.5. The predicted molar refractivity (Wildman–Crippen MR) is 96.4 cm³/mol.